The third-order valence-corrected chi connectivity index (χ3v) is 5.04. The fourth-order valence-corrected chi connectivity index (χ4v) is 3.62. The lowest BCUT2D eigenvalue weighted by Crippen LogP contribution is -2.25. The van der Waals surface area contributed by atoms with E-state index in [2.05, 4.69) is 35.9 Å². The van der Waals surface area contributed by atoms with Gasteiger partial charge in [-0.05, 0) is 53.8 Å². The number of ether oxygens (including phenoxy) is 1. The SMILES string of the molecule is CC(C)CCOc1cccc(C2(c3ccncc3)N=C(N)c3ncccc32)c1. The van der Waals surface area contributed by atoms with Crippen molar-refractivity contribution < 1.29 is 4.74 Å². The van der Waals surface area contributed by atoms with Crippen molar-refractivity contribution in [3.63, 3.8) is 0 Å². The van der Waals surface area contributed by atoms with Crippen LogP contribution in [0.5, 0.6) is 5.75 Å². The lowest BCUT2D eigenvalue weighted by Gasteiger charge is -2.29. The van der Waals surface area contributed by atoms with Crippen molar-refractivity contribution in [3.05, 3.63) is 89.5 Å². The van der Waals surface area contributed by atoms with E-state index in [1.165, 1.54) is 0 Å². The molecule has 0 fully saturated rings. The number of aromatic nitrogens is 2. The number of benzene rings is 1. The maximum atomic E-state index is 6.29. The van der Waals surface area contributed by atoms with E-state index in [9.17, 15) is 0 Å². The molecule has 0 amide bonds. The zero-order valence-electron chi connectivity index (χ0n) is 16.2. The molecular formula is C23H24N4O. The van der Waals surface area contributed by atoms with Crippen LogP contribution in [0.25, 0.3) is 0 Å². The van der Waals surface area contributed by atoms with Crippen LogP contribution in [-0.4, -0.2) is 22.4 Å². The first kappa shape index (κ1) is 18.2. The van der Waals surface area contributed by atoms with E-state index in [-0.39, 0.29) is 0 Å². The summed E-state index contributed by atoms with van der Waals surface area (Å²) in [7, 11) is 0. The first-order chi connectivity index (χ1) is 13.6. The van der Waals surface area contributed by atoms with E-state index in [1.54, 1.807) is 18.6 Å². The van der Waals surface area contributed by atoms with E-state index in [1.807, 2.05) is 36.4 Å². The molecule has 2 N–H and O–H groups in total. The summed E-state index contributed by atoms with van der Waals surface area (Å²) in [5.74, 6) is 1.87. The number of nitrogens with two attached hydrogens (primary N) is 1. The molecule has 1 unspecified atom stereocenters. The molecule has 1 atom stereocenters. The molecule has 0 spiro atoms. The minimum Gasteiger partial charge on any atom is -0.494 e. The summed E-state index contributed by atoms with van der Waals surface area (Å²) in [6.45, 7) is 5.07. The minimum absolute atomic E-state index is 0.443. The van der Waals surface area contributed by atoms with Gasteiger partial charge < -0.3 is 10.5 Å². The van der Waals surface area contributed by atoms with Crippen molar-refractivity contribution in [1.29, 1.82) is 0 Å². The molecule has 4 rings (SSSR count). The van der Waals surface area contributed by atoms with Crippen LogP contribution in [0, 0.1) is 5.92 Å². The van der Waals surface area contributed by atoms with Crippen molar-refractivity contribution in [2.24, 2.45) is 16.6 Å². The van der Waals surface area contributed by atoms with Crippen molar-refractivity contribution in [2.75, 3.05) is 6.61 Å². The number of nitrogens with zero attached hydrogens (tertiary/aromatic N) is 3. The summed E-state index contributed by atoms with van der Waals surface area (Å²) in [5, 5.41) is 0. The van der Waals surface area contributed by atoms with E-state index in [0.29, 0.717) is 18.4 Å². The van der Waals surface area contributed by atoms with Gasteiger partial charge in [0.25, 0.3) is 0 Å². The van der Waals surface area contributed by atoms with Crippen LogP contribution in [0.15, 0.2) is 72.1 Å². The maximum absolute atomic E-state index is 6.29. The molecular weight excluding hydrogens is 348 g/mol. The molecule has 0 aliphatic carbocycles. The average Bonchev–Trinajstić information content (AvgIpc) is 3.03. The summed E-state index contributed by atoms with van der Waals surface area (Å²) in [4.78, 5) is 13.6. The van der Waals surface area contributed by atoms with Gasteiger partial charge in [0.2, 0.25) is 0 Å². The Morgan fingerprint density at radius 1 is 1.00 bits per heavy atom. The molecule has 3 aromatic rings. The summed E-state index contributed by atoms with van der Waals surface area (Å²) in [6.07, 6.45) is 6.31. The first-order valence-corrected chi connectivity index (χ1v) is 9.56. The molecule has 28 heavy (non-hydrogen) atoms. The number of amidine groups is 1. The topological polar surface area (TPSA) is 73.4 Å². The Kier molecular flexibility index (Phi) is 4.82. The highest BCUT2D eigenvalue weighted by Crippen LogP contribution is 2.45. The van der Waals surface area contributed by atoms with Gasteiger partial charge >= 0.3 is 0 Å². The highest BCUT2D eigenvalue weighted by molar-refractivity contribution is 6.01. The Bertz CT molecular complexity index is 1000. The Labute approximate surface area is 165 Å². The number of pyridine rings is 2. The van der Waals surface area contributed by atoms with Gasteiger partial charge in [0.1, 0.15) is 22.8 Å². The van der Waals surface area contributed by atoms with Crippen molar-refractivity contribution in [1.82, 2.24) is 9.97 Å². The molecule has 0 saturated carbocycles. The fourth-order valence-electron chi connectivity index (χ4n) is 3.62. The second-order valence-electron chi connectivity index (χ2n) is 7.40. The van der Waals surface area contributed by atoms with Gasteiger partial charge in [-0.3, -0.25) is 9.97 Å². The Hall–Kier alpha value is -3.21. The number of aliphatic imine (C=N–C) groups is 1. The van der Waals surface area contributed by atoms with Gasteiger partial charge in [0, 0.05) is 24.2 Å². The highest BCUT2D eigenvalue weighted by Gasteiger charge is 2.43. The van der Waals surface area contributed by atoms with Crippen molar-refractivity contribution in [3.8, 4) is 5.75 Å². The molecule has 0 bridgehead atoms. The summed E-state index contributed by atoms with van der Waals surface area (Å²) in [6, 6.07) is 16.0. The smallest absolute Gasteiger partial charge is 0.146 e. The molecule has 5 heteroatoms. The molecule has 1 aromatic carbocycles. The predicted octanol–water partition coefficient (Wildman–Crippen LogP) is 3.91. The zero-order valence-corrected chi connectivity index (χ0v) is 16.2. The van der Waals surface area contributed by atoms with Gasteiger partial charge in [0.15, 0.2) is 0 Å². The molecule has 0 radical (unpaired) electrons. The highest BCUT2D eigenvalue weighted by atomic mass is 16.5. The van der Waals surface area contributed by atoms with Crippen LogP contribution in [0.2, 0.25) is 0 Å². The van der Waals surface area contributed by atoms with Crippen LogP contribution in [0.3, 0.4) is 0 Å². The zero-order chi connectivity index (χ0) is 19.6. The van der Waals surface area contributed by atoms with Crippen LogP contribution < -0.4 is 10.5 Å². The molecule has 1 aliphatic rings. The van der Waals surface area contributed by atoms with E-state index in [0.717, 1.165) is 34.6 Å². The van der Waals surface area contributed by atoms with Gasteiger partial charge in [0.05, 0.1) is 6.61 Å². The number of hydrogen-bond acceptors (Lipinski definition) is 5. The average molecular weight is 372 g/mol. The van der Waals surface area contributed by atoms with Gasteiger partial charge in [-0.15, -0.1) is 0 Å². The van der Waals surface area contributed by atoms with E-state index in [4.69, 9.17) is 15.5 Å². The van der Waals surface area contributed by atoms with Crippen LogP contribution in [0.4, 0.5) is 0 Å². The quantitative estimate of drug-likeness (QED) is 0.712. The Morgan fingerprint density at radius 3 is 2.61 bits per heavy atom. The number of hydrogen-bond donors (Lipinski definition) is 1. The second kappa shape index (κ2) is 7.43. The van der Waals surface area contributed by atoms with Gasteiger partial charge in [-0.2, -0.15) is 0 Å². The van der Waals surface area contributed by atoms with Crippen LogP contribution >= 0.6 is 0 Å². The molecule has 2 aromatic heterocycles. The van der Waals surface area contributed by atoms with Crippen molar-refractivity contribution >= 4 is 5.84 Å². The van der Waals surface area contributed by atoms with Gasteiger partial charge in [-0.25, -0.2) is 4.99 Å². The third-order valence-electron chi connectivity index (χ3n) is 5.04. The first-order valence-electron chi connectivity index (χ1n) is 9.56. The lowest BCUT2D eigenvalue weighted by atomic mass is 9.79. The monoisotopic (exact) mass is 372 g/mol. The minimum atomic E-state index is -0.756. The largest absolute Gasteiger partial charge is 0.494 e. The van der Waals surface area contributed by atoms with Crippen LogP contribution in [0.1, 0.15) is 42.7 Å². The van der Waals surface area contributed by atoms with Crippen LogP contribution in [-0.2, 0) is 5.54 Å². The fraction of sp³-hybridized carbons (Fsp3) is 0.261. The van der Waals surface area contributed by atoms with Crippen molar-refractivity contribution in [2.45, 2.75) is 25.8 Å². The molecule has 1 aliphatic heterocycles. The number of fused-ring (bicyclic) bond motifs is 1. The maximum Gasteiger partial charge on any atom is 0.146 e. The lowest BCUT2D eigenvalue weighted by molar-refractivity contribution is 0.289. The van der Waals surface area contributed by atoms with E-state index >= 15 is 0 Å². The Morgan fingerprint density at radius 2 is 1.82 bits per heavy atom. The molecule has 142 valence electrons. The van der Waals surface area contributed by atoms with Gasteiger partial charge in [-0.1, -0.05) is 32.0 Å². The summed E-state index contributed by atoms with van der Waals surface area (Å²) >= 11 is 0. The Balaban J connectivity index is 1.84. The summed E-state index contributed by atoms with van der Waals surface area (Å²) < 4.78 is 6.01. The predicted molar refractivity (Wildman–Crippen MR) is 110 cm³/mol. The number of rotatable bonds is 6. The van der Waals surface area contributed by atoms with E-state index < -0.39 is 5.54 Å². The second-order valence-corrected chi connectivity index (χ2v) is 7.40. The molecule has 0 saturated heterocycles. The normalized spacial score (nSPS) is 18.0. The standard InChI is InChI=1S/C23H24N4O/c1-16(2)10-14-28-19-6-3-5-18(15-19)23(17-8-12-25-13-9-17)20-7-4-11-26-21(20)22(24)27-23/h3-9,11-13,15-16H,10,14H2,1-2H3,(H2,24,27). The summed E-state index contributed by atoms with van der Waals surface area (Å²) in [5.41, 5.74) is 9.22. The molecule has 3 heterocycles. The molecule has 5 nitrogen and oxygen atoms in total. The third kappa shape index (κ3) is 3.13.